The van der Waals surface area contributed by atoms with E-state index in [1.54, 1.807) is 0 Å². The number of amides is 1. The summed E-state index contributed by atoms with van der Waals surface area (Å²) in [6.07, 6.45) is 8.45. The molecular weight excluding hydrogens is 448 g/mol. The molecule has 2 bridgehead atoms. The smallest absolute Gasteiger partial charge is 0.410 e. The number of carbonyl (C=O) groups is 1. The molecule has 2 aromatic rings. The molecule has 5 rings (SSSR count). The van der Waals surface area contributed by atoms with Crippen LogP contribution in [0.1, 0.15) is 70.8 Å². The zero-order chi connectivity index (χ0) is 21.0. The third-order valence-electron chi connectivity index (χ3n) is 6.42. The highest BCUT2D eigenvalue weighted by atomic mass is 79.9. The first-order valence-electron chi connectivity index (χ1n) is 11.0. The molecule has 1 saturated carbocycles. The van der Waals surface area contributed by atoms with E-state index in [0.29, 0.717) is 18.4 Å². The number of hydrogen-bond donors (Lipinski definition) is 0. The van der Waals surface area contributed by atoms with Crippen LogP contribution in [0, 0.1) is 5.92 Å². The van der Waals surface area contributed by atoms with E-state index >= 15 is 0 Å². The fourth-order valence-electron chi connectivity index (χ4n) is 4.98. The molecule has 3 fully saturated rings. The average Bonchev–Trinajstić information content (AvgIpc) is 3.40. The van der Waals surface area contributed by atoms with E-state index in [1.165, 1.54) is 18.4 Å². The lowest BCUT2D eigenvalue weighted by Gasteiger charge is -2.39. The van der Waals surface area contributed by atoms with Gasteiger partial charge in [-0.15, -0.1) is 10.2 Å². The lowest BCUT2D eigenvalue weighted by atomic mass is 9.91. The Balaban J connectivity index is 1.26. The highest BCUT2D eigenvalue weighted by Crippen LogP contribution is 2.45. The van der Waals surface area contributed by atoms with Gasteiger partial charge in [0.2, 0.25) is 4.73 Å². The largest absolute Gasteiger partial charge is 0.493 e. The molecule has 0 N–H and O–H groups in total. The number of nitrogens with zero attached hydrogens (tertiary/aromatic N) is 4. The summed E-state index contributed by atoms with van der Waals surface area (Å²) in [5.74, 6) is 1.96. The van der Waals surface area contributed by atoms with Crippen molar-refractivity contribution in [1.29, 1.82) is 0 Å². The van der Waals surface area contributed by atoms with Crippen molar-refractivity contribution in [3.05, 3.63) is 22.6 Å². The molecule has 30 heavy (non-hydrogen) atoms. The van der Waals surface area contributed by atoms with Crippen LogP contribution in [-0.4, -0.2) is 49.9 Å². The maximum Gasteiger partial charge on any atom is 0.410 e. The first-order valence-corrected chi connectivity index (χ1v) is 11.8. The Hall–Kier alpha value is -1.83. The molecule has 7 nitrogen and oxygen atoms in total. The van der Waals surface area contributed by atoms with E-state index < -0.39 is 5.60 Å². The summed E-state index contributed by atoms with van der Waals surface area (Å²) < 4.78 is 14.7. The second-order valence-corrected chi connectivity index (χ2v) is 10.7. The van der Waals surface area contributed by atoms with Crippen molar-refractivity contribution in [1.82, 2.24) is 19.5 Å². The number of aromatic nitrogens is 3. The van der Waals surface area contributed by atoms with Gasteiger partial charge in [-0.3, -0.25) is 4.40 Å². The highest BCUT2D eigenvalue weighted by Gasteiger charge is 2.45. The zero-order valence-corrected chi connectivity index (χ0v) is 19.4. The number of ether oxygens (including phenoxy) is 2. The van der Waals surface area contributed by atoms with Gasteiger partial charge in [-0.2, -0.15) is 0 Å². The summed E-state index contributed by atoms with van der Waals surface area (Å²) in [5, 5.41) is 8.33. The lowest BCUT2D eigenvalue weighted by molar-refractivity contribution is -0.000986. The summed E-state index contributed by atoms with van der Waals surface area (Å²) in [7, 11) is 0. The molecule has 3 aliphatic rings. The van der Waals surface area contributed by atoms with Gasteiger partial charge in [-0.25, -0.2) is 4.79 Å². The average molecular weight is 477 g/mol. The van der Waals surface area contributed by atoms with Crippen LogP contribution in [0.15, 0.2) is 17.0 Å². The van der Waals surface area contributed by atoms with Gasteiger partial charge in [-0.1, -0.05) is 0 Å². The monoisotopic (exact) mass is 476 g/mol. The van der Waals surface area contributed by atoms with Crippen LogP contribution >= 0.6 is 15.9 Å². The lowest BCUT2D eigenvalue weighted by Crippen LogP contribution is -2.49. The van der Waals surface area contributed by atoms with Gasteiger partial charge in [0.05, 0.1) is 6.61 Å². The van der Waals surface area contributed by atoms with Gasteiger partial charge >= 0.3 is 6.09 Å². The van der Waals surface area contributed by atoms with Crippen LogP contribution < -0.4 is 4.74 Å². The number of piperidine rings is 1. The van der Waals surface area contributed by atoms with Crippen LogP contribution in [-0.2, 0) is 4.74 Å². The number of carbonyl (C=O) groups excluding carboxylic acids is 1. The SMILES string of the molecule is CC(C)(C)OC(=O)N1[C@@H]2CC[C@H]1CC(COc1cc3nnc(Br)n3cc1C1CC1)C2. The van der Waals surface area contributed by atoms with Crippen LogP contribution in [0.25, 0.3) is 5.65 Å². The van der Waals surface area contributed by atoms with Crippen molar-refractivity contribution in [2.75, 3.05) is 6.61 Å². The quantitative estimate of drug-likeness (QED) is 0.625. The molecule has 8 heteroatoms. The third kappa shape index (κ3) is 3.90. The van der Waals surface area contributed by atoms with E-state index in [2.05, 4.69) is 32.3 Å². The van der Waals surface area contributed by atoms with E-state index in [-0.39, 0.29) is 18.2 Å². The molecule has 0 radical (unpaired) electrons. The first kappa shape index (κ1) is 20.1. The summed E-state index contributed by atoms with van der Waals surface area (Å²) in [5.41, 5.74) is 1.59. The minimum absolute atomic E-state index is 0.159. The number of hydrogen-bond acceptors (Lipinski definition) is 5. The molecule has 2 aromatic heterocycles. The van der Waals surface area contributed by atoms with E-state index in [1.807, 2.05) is 36.1 Å². The molecule has 2 saturated heterocycles. The number of rotatable bonds is 4. The van der Waals surface area contributed by atoms with Gasteiger partial charge in [0.1, 0.15) is 11.4 Å². The molecule has 3 atom stereocenters. The minimum atomic E-state index is -0.453. The predicted molar refractivity (Wildman–Crippen MR) is 116 cm³/mol. The number of halogens is 1. The summed E-state index contributed by atoms with van der Waals surface area (Å²) in [6, 6.07) is 2.55. The van der Waals surface area contributed by atoms with Crippen LogP contribution in [0.3, 0.4) is 0 Å². The fourth-order valence-corrected chi connectivity index (χ4v) is 5.34. The van der Waals surface area contributed by atoms with Gasteiger partial charge in [0.15, 0.2) is 5.65 Å². The Morgan fingerprint density at radius 2 is 1.87 bits per heavy atom. The van der Waals surface area contributed by atoms with Crippen molar-refractivity contribution in [3.63, 3.8) is 0 Å². The Bertz CT molecular complexity index is 951. The first-order chi connectivity index (χ1) is 14.3. The Kier molecular flexibility index (Phi) is 4.95. The predicted octanol–water partition coefficient (Wildman–Crippen LogP) is 4.93. The van der Waals surface area contributed by atoms with Gasteiger partial charge in [0, 0.05) is 29.9 Å². The van der Waals surface area contributed by atoms with Gasteiger partial charge < -0.3 is 14.4 Å². The third-order valence-corrected chi connectivity index (χ3v) is 6.96. The molecule has 4 heterocycles. The second-order valence-electron chi connectivity index (χ2n) is 9.99. The Labute approximate surface area is 185 Å². The molecule has 1 aliphatic carbocycles. The molecule has 0 aromatic carbocycles. The van der Waals surface area contributed by atoms with Crippen LogP contribution in [0.4, 0.5) is 4.79 Å². The molecule has 0 spiro atoms. The summed E-state index contributed by atoms with van der Waals surface area (Å²) in [6.45, 7) is 6.46. The number of fused-ring (bicyclic) bond motifs is 3. The topological polar surface area (TPSA) is 69.0 Å². The van der Waals surface area contributed by atoms with E-state index in [0.717, 1.165) is 41.8 Å². The van der Waals surface area contributed by atoms with E-state index in [4.69, 9.17) is 9.47 Å². The standard InChI is InChI=1S/C22H29BrN4O3/c1-22(2,3)30-21(28)27-15-6-7-16(27)9-13(8-15)12-29-18-10-19-24-25-20(23)26(19)11-17(18)14-4-5-14/h10-11,13-16H,4-9,12H2,1-3H3/t13?,15-,16+. The van der Waals surface area contributed by atoms with Crippen molar-refractivity contribution >= 4 is 27.7 Å². The molecule has 162 valence electrons. The molecule has 2 aliphatic heterocycles. The van der Waals surface area contributed by atoms with E-state index in [9.17, 15) is 4.79 Å². The summed E-state index contributed by atoms with van der Waals surface area (Å²) in [4.78, 5) is 14.7. The fraction of sp³-hybridized carbons (Fsp3) is 0.682. The highest BCUT2D eigenvalue weighted by molar-refractivity contribution is 9.10. The van der Waals surface area contributed by atoms with Crippen molar-refractivity contribution < 1.29 is 14.3 Å². The van der Waals surface area contributed by atoms with Crippen molar-refractivity contribution in [3.8, 4) is 5.75 Å². The second kappa shape index (κ2) is 7.39. The van der Waals surface area contributed by atoms with Crippen molar-refractivity contribution in [2.24, 2.45) is 5.92 Å². The maximum absolute atomic E-state index is 12.7. The maximum atomic E-state index is 12.7. The Morgan fingerprint density at radius 1 is 1.17 bits per heavy atom. The number of pyridine rings is 1. The van der Waals surface area contributed by atoms with Crippen LogP contribution in [0.5, 0.6) is 5.75 Å². The molecule has 1 unspecified atom stereocenters. The van der Waals surface area contributed by atoms with Crippen molar-refractivity contribution in [2.45, 2.75) is 82.9 Å². The molecular formula is C22H29BrN4O3. The van der Waals surface area contributed by atoms with Crippen LogP contribution in [0.2, 0.25) is 0 Å². The van der Waals surface area contributed by atoms with Gasteiger partial charge in [-0.05, 0) is 87.1 Å². The zero-order valence-electron chi connectivity index (χ0n) is 17.8. The molecule has 1 amide bonds. The minimum Gasteiger partial charge on any atom is -0.493 e. The summed E-state index contributed by atoms with van der Waals surface area (Å²) >= 11 is 3.46. The van der Waals surface area contributed by atoms with Gasteiger partial charge in [0.25, 0.3) is 0 Å². The Morgan fingerprint density at radius 3 is 2.50 bits per heavy atom. The normalized spacial score (nSPS) is 26.3.